The van der Waals surface area contributed by atoms with Crippen LogP contribution in [0.15, 0.2) is 16.6 Å². The van der Waals surface area contributed by atoms with Gasteiger partial charge in [-0.2, -0.15) is 5.26 Å². The molecule has 3 atom stereocenters. The standard InChI is InChI=1S/C31H37BrFN5O4/c1-7-41-29-21-15-19(10-11-23(39)36(5)6)38(27-18-14-22(27)37(16-18)30(40)42-31(2,3)4)28(21)20-13-17(9-8-12-34)24(32)25(33)26(20)35-29/h13,15,18,22,27H,7-11,14,16H2,1-6H3/t18-,22-,27+/m1/s1. The number of nitriles is 1. The molecule has 2 aliphatic heterocycles. The van der Waals surface area contributed by atoms with Crippen molar-refractivity contribution in [2.75, 3.05) is 27.2 Å². The number of aryl methyl sites for hydroxylation is 2. The van der Waals surface area contributed by atoms with Crippen LogP contribution in [0.2, 0.25) is 0 Å². The van der Waals surface area contributed by atoms with Crippen molar-refractivity contribution in [3.05, 3.63) is 33.7 Å². The zero-order valence-electron chi connectivity index (χ0n) is 25.0. The maximum atomic E-state index is 15.9. The number of hydrogen-bond donors (Lipinski definition) is 0. The minimum atomic E-state index is -0.615. The summed E-state index contributed by atoms with van der Waals surface area (Å²) in [4.78, 5) is 33.8. The lowest BCUT2D eigenvalue weighted by atomic mass is 9.79. The van der Waals surface area contributed by atoms with Gasteiger partial charge in [0.15, 0.2) is 5.82 Å². The van der Waals surface area contributed by atoms with E-state index in [1.54, 1.807) is 19.0 Å². The van der Waals surface area contributed by atoms with Gasteiger partial charge < -0.3 is 23.8 Å². The Hall–Kier alpha value is -3.39. The molecule has 1 aromatic carbocycles. The van der Waals surface area contributed by atoms with Crippen molar-refractivity contribution >= 4 is 49.7 Å². The minimum Gasteiger partial charge on any atom is -0.477 e. The lowest BCUT2D eigenvalue weighted by Crippen LogP contribution is -2.44. The average Bonchev–Trinajstić information content (AvgIpc) is 3.61. The summed E-state index contributed by atoms with van der Waals surface area (Å²) < 4.78 is 30.1. The fourth-order valence-corrected chi connectivity index (χ4v) is 6.75. The molecule has 42 heavy (non-hydrogen) atoms. The zero-order valence-corrected chi connectivity index (χ0v) is 26.5. The third-order valence-corrected chi connectivity index (χ3v) is 8.99. The molecule has 3 aromatic rings. The van der Waals surface area contributed by atoms with Gasteiger partial charge in [0.25, 0.3) is 0 Å². The monoisotopic (exact) mass is 641 g/mol. The summed E-state index contributed by atoms with van der Waals surface area (Å²) in [7, 11) is 3.47. The Labute approximate surface area is 253 Å². The van der Waals surface area contributed by atoms with Crippen LogP contribution in [0.1, 0.15) is 64.3 Å². The first-order valence-corrected chi connectivity index (χ1v) is 15.2. The Morgan fingerprint density at radius 1 is 1.24 bits per heavy atom. The van der Waals surface area contributed by atoms with Crippen LogP contribution < -0.4 is 4.74 Å². The second kappa shape index (κ2) is 11.4. The van der Waals surface area contributed by atoms with E-state index < -0.39 is 11.4 Å². The maximum absolute atomic E-state index is 15.9. The molecule has 0 N–H and O–H groups in total. The molecule has 3 aliphatic rings. The summed E-state index contributed by atoms with van der Waals surface area (Å²) in [6.45, 7) is 8.33. The second-order valence-electron chi connectivity index (χ2n) is 12.3. The van der Waals surface area contributed by atoms with Crippen molar-refractivity contribution in [3.8, 4) is 11.9 Å². The van der Waals surface area contributed by atoms with Crippen molar-refractivity contribution in [2.45, 2.75) is 77.5 Å². The third-order valence-electron chi connectivity index (χ3n) is 8.13. The molecule has 1 aliphatic carbocycles. The van der Waals surface area contributed by atoms with E-state index in [0.29, 0.717) is 49.2 Å². The lowest BCUT2D eigenvalue weighted by Gasteiger charge is -2.39. The quantitative estimate of drug-likeness (QED) is 0.293. The highest BCUT2D eigenvalue weighted by Gasteiger charge is 2.56. The molecular weight excluding hydrogens is 605 g/mol. The number of carbonyl (C=O) groups is 2. The number of carbonyl (C=O) groups excluding carboxylic acids is 2. The van der Waals surface area contributed by atoms with Gasteiger partial charge in [-0.25, -0.2) is 14.2 Å². The van der Waals surface area contributed by atoms with Crippen LogP contribution in [0.25, 0.3) is 21.8 Å². The number of nitrogens with zero attached hydrogens (tertiary/aromatic N) is 5. The number of aromatic nitrogens is 2. The van der Waals surface area contributed by atoms with Gasteiger partial charge in [-0.1, -0.05) is 0 Å². The largest absolute Gasteiger partial charge is 0.477 e. The number of hydrogen-bond acceptors (Lipinski definition) is 6. The summed E-state index contributed by atoms with van der Waals surface area (Å²) in [6, 6.07) is 5.88. The molecule has 0 radical (unpaired) electrons. The molecule has 2 aromatic heterocycles. The first-order valence-electron chi connectivity index (χ1n) is 14.4. The van der Waals surface area contributed by atoms with E-state index in [2.05, 4.69) is 31.6 Å². The number of amides is 2. The number of ether oxygens (including phenoxy) is 2. The van der Waals surface area contributed by atoms with E-state index in [-0.39, 0.29) is 46.4 Å². The van der Waals surface area contributed by atoms with Crippen LogP contribution >= 0.6 is 15.9 Å². The second-order valence-corrected chi connectivity index (χ2v) is 13.1. The Balaban J connectivity index is 1.73. The van der Waals surface area contributed by atoms with Crippen molar-refractivity contribution < 1.29 is 23.5 Å². The third kappa shape index (κ3) is 5.30. The molecule has 224 valence electrons. The molecule has 0 spiro atoms. The van der Waals surface area contributed by atoms with Crippen LogP contribution in [-0.4, -0.2) is 70.2 Å². The first-order chi connectivity index (χ1) is 19.9. The van der Waals surface area contributed by atoms with E-state index in [0.717, 1.165) is 23.0 Å². The molecule has 9 nitrogen and oxygen atoms in total. The van der Waals surface area contributed by atoms with E-state index in [4.69, 9.17) is 9.47 Å². The molecule has 3 fully saturated rings. The molecule has 4 heterocycles. The predicted molar refractivity (Wildman–Crippen MR) is 161 cm³/mol. The molecule has 1 saturated carbocycles. The van der Waals surface area contributed by atoms with E-state index >= 15 is 4.39 Å². The molecule has 2 saturated heterocycles. The highest BCUT2D eigenvalue weighted by molar-refractivity contribution is 9.10. The fraction of sp³-hybridized carbons (Fsp3) is 0.548. The van der Waals surface area contributed by atoms with Gasteiger partial charge in [-0.3, -0.25) is 4.79 Å². The molecule has 2 amide bonds. The minimum absolute atomic E-state index is 0.000508. The van der Waals surface area contributed by atoms with E-state index in [1.807, 2.05) is 44.7 Å². The molecular formula is C31H37BrFN5O4. The van der Waals surface area contributed by atoms with Crippen molar-refractivity contribution in [1.82, 2.24) is 19.4 Å². The zero-order chi connectivity index (χ0) is 30.5. The van der Waals surface area contributed by atoms with Crippen LogP contribution in [0, 0.1) is 23.1 Å². The Kier molecular flexibility index (Phi) is 8.14. The van der Waals surface area contributed by atoms with Crippen LogP contribution in [-0.2, 0) is 22.4 Å². The Morgan fingerprint density at radius 3 is 2.62 bits per heavy atom. The number of pyridine rings is 1. The lowest BCUT2D eigenvalue weighted by molar-refractivity contribution is -0.128. The number of halogens is 2. The smallest absolute Gasteiger partial charge is 0.410 e. The van der Waals surface area contributed by atoms with E-state index in [1.165, 1.54) is 0 Å². The van der Waals surface area contributed by atoms with Crippen LogP contribution in [0.4, 0.5) is 9.18 Å². The van der Waals surface area contributed by atoms with Gasteiger partial charge in [0.2, 0.25) is 11.8 Å². The van der Waals surface area contributed by atoms with E-state index in [9.17, 15) is 14.9 Å². The van der Waals surface area contributed by atoms with Crippen LogP contribution in [0.3, 0.4) is 0 Å². The number of fused-ring (bicyclic) bond motifs is 4. The fourth-order valence-electron chi connectivity index (χ4n) is 6.25. The Bertz CT molecular complexity index is 1610. The van der Waals surface area contributed by atoms with Gasteiger partial charge >= 0.3 is 6.09 Å². The summed E-state index contributed by atoms with van der Waals surface area (Å²) >= 11 is 3.40. The van der Waals surface area contributed by atoms with Gasteiger partial charge in [-0.05, 0) is 80.6 Å². The first kappa shape index (κ1) is 30.1. The summed E-state index contributed by atoms with van der Waals surface area (Å²) in [6.07, 6.45) is 1.88. The predicted octanol–water partition coefficient (Wildman–Crippen LogP) is 6.15. The average molecular weight is 643 g/mol. The molecule has 0 unspecified atom stereocenters. The topological polar surface area (TPSA) is 101 Å². The van der Waals surface area contributed by atoms with Gasteiger partial charge in [0, 0.05) is 50.5 Å². The summed E-state index contributed by atoms with van der Waals surface area (Å²) in [5.74, 6) is -0.00315. The highest BCUT2D eigenvalue weighted by Crippen LogP contribution is 2.53. The summed E-state index contributed by atoms with van der Waals surface area (Å²) in [5, 5.41) is 10.6. The Morgan fingerprint density at radius 2 is 1.98 bits per heavy atom. The summed E-state index contributed by atoms with van der Waals surface area (Å²) in [5.41, 5.74) is 1.91. The normalized spacial score (nSPS) is 19.6. The van der Waals surface area contributed by atoms with Gasteiger partial charge in [-0.15, -0.1) is 0 Å². The van der Waals surface area contributed by atoms with Crippen LogP contribution in [0.5, 0.6) is 5.88 Å². The van der Waals surface area contributed by atoms with Gasteiger partial charge in [0.05, 0.1) is 40.1 Å². The van der Waals surface area contributed by atoms with Crippen molar-refractivity contribution in [2.24, 2.45) is 5.92 Å². The van der Waals surface area contributed by atoms with Crippen molar-refractivity contribution in [1.29, 1.82) is 5.26 Å². The number of benzene rings is 1. The SMILES string of the molecule is CCOc1nc2c(F)c(Br)c(CCC#N)cc2c2c1cc(CCC(=O)N(C)C)n2[C@H]1[C@@H]2C[C@H]1N(C(=O)OC(C)(C)C)C2. The molecule has 11 heteroatoms. The molecule has 2 bridgehead atoms. The van der Waals surface area contributed by atoms with Gasteiger partial charge in [0.1, 0.15) is 11.1 Å². The molecule has 6 rings (SSSR count). The number of rotatable bonds is 8. The maximum Gasteiger partial charge on any atom is 0.410 e. The van der Waals surface area contributed by atoms with Crippen molar-refractivity contribution in [3.63, 3.8) is 0 Å². The highest BCUT2D eigenvalue weighted by atomic mass is 79.9.